The minimum absolute atomic E-state index is 0.00101. The Morgan fingerprint density at radius 3 is 2.75 bits per heavy atom. The Morgan fingerprint density at radius 1 is 1.21 bits per heavy atom. The zero-order chi connectivity index (χ0) is 17.1. The number of rotatable bonds is 1. The molecule has 4 rings (SSSR count). The number of aliphatic hydroxyl groups is 2. The Hall–Kier alpha value is -0.930. The third-order valence-corrected chi connectivity index (χ3v) is 8.08. The minimum atomic E-state index is -0.307. The summed E-state index contributed by atoms with van der Waals surface area (Å²) in [6, 6.07) is 0. The Kier molecular flexibility index (Phi) is 3.81. The second-order valence-corrected chi connectivity index (χ2v) is 9.03. The standard InChI is InChI=1S/C21H30O3/c1-20-9-7-15(23)11-14(20)3-5-16-17-6-4-13(8-10-22)21(17,2)12-18(24)19(16)20/h8,11,16-19,22,24H,3-7,9-10,12H2,1-2H3/b13-8-. The summed E-state index contributed by atoms with van der Waals surface area (Å²) >= 11 is 0. The predicted octanol–water partition coefficient (Wildman–Crippen LogP) is 3.41. The third kappa shape index (κ3) is 2.13. The van der Waals surface area contributed by atoms with Crippen molar-refractivity contribution in [3.8, 4) is 0 Å². The zero-order valence-corrected chi connectivity index (χ0v) is 14.9. The number of hydrogen-bond donors (Lipinski definition) is 2. The molecule has 3 fully saturated rings. The summed E-state index contributed by atoms with van der Waals surface area (Å²) in [5.41, 5.74) is 2.71. The number of fused-ring (bicyclic) bond motifs is 5. The highest BCUT2D eigenvalue weighted by Crippen LogP contribution is 2.66. The van der Waals surface area contributed by atoms with E-state index in [9.17, 15) is 15.0 Å². The zero-order valence-electron chi connectivity index (χ0n) is 14.9. The Bertz CT molecular complexity index is 619. The molecule has 24 heavy (non-hydrogen) atoms. The molecular weight excluding hydrogens is 300 g/mol. The maximum Gasteiger partial charge on any atom is 0.155 e. The Morgan fingerprint density at radius 2 is 2.00 bits per heavy atom. The van der Waals surface area contributed by atoms with Gasteiger partial charge in [-0.05, 0) is 73.2 Å². The Balaban J connectivity index is 1.72. The summed E-state index contributed by atoms with van der Waals surface area (Å²) in [5, 5.41) is 20.5. The van der Waals surface area contributed by atoms with E-state index in [2.05, 4.69) is 13.8 Å². The van der Waals surface area contributed by atoms with E-state index < -0.39 is 0 Å². The number of aliphatic hydroxyl groups excluding tert-OH is 2. The van der Waals surface area contributed by atoms with Gasteiger partial charge in [0.1, 0.15) is 0 Å². The van der Waals surface area contributed by atoms with Crippen LogP contribution in [0.15, 0.2) is 23.3 Å². The summed E-state index contributed by atoms with van der Waals surface area (Å²) < 4.78 is 0. The van der Waals surface area contributed by atoms with Gasteiger partial charge in [-0.2, -0.15) is 0 Å². The fourth-order valence-electron chi connectivity index (χ4n) is 6.98. The molecule has 0 aromatic heterocycles. The fraction of sp³-hybridized carbons (Fsp3) is 0.762. The summed E-state index contributed by atoms with van der Waals surface area (Å²) in [4.78, 5) is 11.9. The van der Waals surface area contributed by atoms with Crippen LogP contribution in [-0.2, 0) is 4.79 Å². The number of allylic oxidation sites excluding steroid dienone is 2. The summed E-state index contributed by atoms with van der Waals surface area (Å²) in [7, 11) is 0. The van der Waals surface area contributed by atoms with Crippen molar-refractivity contribution in [3.63, 3.8) is 0 Å². The molecule has 4 aliphatic rings. The quantitative estimate of drug-likeness (QED) is 0.725. The van der Waals surface area contributed by atoms with Gasteiger partial charge in [0.25, 0.3) is 0 Å². The average Bonchev–Trinajstić information content (AvgIpc) is 2.84. The fourth-order valence-corrected chi connectivity index (χ4v) is 6.98. The molecule has 6 unspecified atom stereocenters. The highest BCUT2D eigenvalue weighted by Gasteiger charge is 2.60. The number of carbonyl (C=O) groups is 1. The van der Waals surface area contributed by atoms with Gasteiger partial charge in [0.2, 0.25) is 0 Å². The lowest BCUT2D eigenvalue weighted by atomic mass is 9.46. The molecule has 0 bridgehead atoms. The van der Waals surface area contributed by atoms with Crippen LogP contribution in [0.25, 0.3) is 0 Å². The SMILES string of the molecule is CC12CCC(=O)C=C1CCC1C2C(O)CC2(C)/C(=C\CO)CCC12. The molecule has 132 valence electrons. The molecule has 3 nitrogen and oxygen atoms in total. The molecule has 0 aliphatic heterocycles. The molecule has 0 heterocycles. The monoisotopic (exact) mass is 330 g/mol. The molecule has 3 heteroatoms. The van der Waals surface area contributed by atoms with Gasteiger partial charge in [0.15, 0.2) is 5.78 Å². The first-order valence-electron chi connectivity index (χ1n) is 9.62. The molecule has 6 atom stereocenters. The van der Waals surface area contributed by atoms with Crippen molar-refractivity contribution in [1.29, 1.82) is 0 Å². The lowest BCUT2D eigenvalue weighted by Crippen LogP contribution is -2.55. The average molecular weight is 330 g/mol. The van der Waals surface area contributed by atoms with Crippen LogP contribution in [0.5, 0.6) is 0 Å². The first-order chi connectivity index (χ1) is 11.4. The van der Waals surface area contributed by atoms with E-state index in [1.807, 2.05) is 12.2 Å². The molecule has 0 amide bonds. The van der Waals surface area contributed by atoms with Crippen LogP contribution in [0.2, 0.25) is 0 Å². The highest BCUT2D eigenvalue weighted by molar-refractivity contribution is 5.91. The van der Waals surface area contributed by atoms with Crippen molar-refractivity contribution < 1.29 is 15.0 Å². The first-order valence-corrected chi connectivity index (χ1v) is 9.62. The number of carbonyl (C=O) groups excluding carboxylic acids is 1. The topological polar surface area (TPSA) is 57.5 Å². The van der Waals surface area contributed by atoms with Crippen molar-refractivity contribution >= 4 is 5.78 Å². The first kappa shape index (κ1) is 16.5. The predicted molar refractivity (Wildman–Crippen MR) is 93.3 cm³/mol. The van der Waals surface area contributed by atoms with E-state index in [1.165, 1.54) is 17.6 Å². The van der Waals surface area contributed by atoms with Gasteiger partial charge < -0.3 is 10.2 Å². The van der Waals surface area contributed by atoms with Gasteiger partial charge in [-0.15, -0.1) is 0 Å². The molecular formula is C21H30O3. The van der Waals surface area contributed by atoms with Crippen LogP contribution in [0.1, 0.15) is 58.8 Å². The number of ketones is 1. The van der Waals surface area contributed by atoms with Crippen molar-refractivity contribution in [2.45, 2.75) is 64.9 Å². The second kappa shape index (κ2) is 5.54. The van der Waals surface area contributed by atoms with Gasteiger partial charge in [-0.1, -0.05) is 31.1 Å². The molecule has 0 radical (unpaired) electrons. The van der Waals surface area contributed by atoms with Crippen LogP contribution in [0.3, 0.4) is 0 Å². The molecule has 0 aromatic carbocycles. The Labute approximate surface area is 144 Å². The van der Waals surface area contributed by atoms with Gasteiger partial charge in [-0.3, -0.25) is 4.79 Å². The van der Waals surface area contributed by atoms with Gasteiger partial charge >= 0.3 is 0 Å². The van der Waals surface area contributed by atoms with E-state index in [-0.39, 0.29) is 35.2 Å². The molecule has 2 N–H and O–H groups in total. The lowest BCUT2D eigenvalue weighted by molar-refractivity contribution is -0.124. The summed E-state index contributed by atoms with van der Waals surface area (Å²) in [6.07, 6.45) is 10.3. The molecule has 3 saturated carbocycles. The van der Waals surface area contributed by atoms with Crippen LogP contribution >= 0.6 is 0 Å². The van der Waals surface area contributed by atoms with E-state index in [4.69, 9.17) is 0 Å². The van der Waals surface area contributed by atoms with Crippen molar-refractivity contribution in [2.75, 3.05) is 6.61 Å². The second-order valence-electron chi connectivity index (χ2n) is 9.03. The van der Waals surface area contributed by atoms with Crippen molar-refractivity contribution in [1.82, 2.24) is 0 Å². The molecule has 0 spiro atoms. The summed E-state index contributed by atoms with van der Waals surface area (Å²) in [6.45, 7) is 4.71. The van der Waals surface area contributed by atoms with Crippen LogP contribution in [0, 0.1) is 28.6 Å². The molecule has 4 aliphatic carbocycles. The van der Waals surface area contributed by atoms with Crippen molar-refractivity contribution in [2.24, 2.45) is 28.6 Å². The van der Waals surface area contributed by atoms with E-state index >= 15 is 0 Å². The minimum Gasteiger partial charge on any atom is -0.393 e. The smallest absolute Gasteiger partial charge is 0.155 e. The summed E-state index contributed by atoms with van der Waals surface area (Å²) in [5.74, 6) is 1.71. The molecule has 0 saturated heterocycles. The van der Waals surface area contributed by atoms with E-state index in [0.717, 1.165) is 32.1 Å². The van der Waals surface area contributed by atoms with Crippen molar-refractivity contribution in [3.05, 3.63) is 23.3 Å². The lowest BCUT2D eigenvalue weighted by Gasteiger charge is -2.59. The van der Waals surface area contributed by atoms with Crippen LogP contribution in [0.4, 0.5) is 0 Å². The normalized spacial score (nSPS) is 49.4. The van der Waals surface area contributed by atoms with Crippen LogP contribution < -0.4 is 0 Å². The van der Waals surface area contributed by atoms with Gasteiger partial charge in [-0.25, -0.2) is 0 Å². The maximum absolute atomic E-state index is 11.9. The van der Waals surface area contributed by atoms with Crippen LogP contribution in [-0.4, -0.2) is 28.7 Å². The maximum atomic E-state index is 11.9. The van der Waals surface area contributed by atoms with Gasteiger partial charge in [0.05, 0.1) is 12.7 Å². The van der Waals surface area contributed by atoms with Gasteiger partial charge in [0, 0.05) is 6.42 Å². The number of hydrogen-bond acceptors (Lipinski definition) is 3. The van der Waals surface area contributed by atoms with E-state index in [0.29, 0.717) is 18.3 Å². The third-order valence-electron chi connectivity index (χ3n) is 8.08. The molecule has 0 aromatic rings. The largest absolute Gasteiger partial charge is 0.393 e. The highest BCUT2D eigenvalue weighted by atomic mass is 16.3. The van der Waals surface area contributed by atoms with E-state index in [1.54, 1.807) is 0 Å².